The predicted octanol–water partition coefficient (Wildman–Crippen LogP) is 0.393. The minimum atomic E-state index is -3.34. The van der Waals surface area contributed by atoms with Gasteiger partial charge in [0.1, 0.15) is 0 Å². The number of hydrogen-bond acceptors (Lipinski definition) is 4. The first-order chi connectivity index (χ1) is 9.12. The molecule has 1 aromatic rings. The van der Waals surface area contributed by atoms with E-state index in [0.29, 0.717) is 10.9 Å². The van der Waals surface area contributed by atoms with Gasteiger partial charge in [-0.15, -0.1) is 0 Å². The van der Waals surface area contributed by atoms with Crippen molar-refractivity contribution in [1.82, 2.24) is 10.0 Å². The predicted molar refractivity (Wildman–Crippen MR) is 74.8 cm³/mol. The van der Waals surface area contributed by atoms with Crippen LogP contribution in [0.4, 0.5) is 5.69 Å². The molecule has 6 heteroatoms. The topological polar surface area (TPSA) is 61.4 Å². The van der Waals surface area contributed by atoms with E-state index in [4.69, 9.17) is 0 Å². The van der Waals surface area contributed by atoms with Crippen LogP contribution >= 0.6 is 0 Å². The lowest BCUT2D eigenvalue weighted by Gasteiger charge is -2.25. The van der Waals surface area contributed by atoms with Crippen LogP contribution in [0.25, 0.3) is 0 Å². The molecule has 2 heterocycles. The van der Waals surface area contributed by atoms with Gasteiger partial charge >= 0.3 is 0 Å². The van der Waals surface area contributed by atoms with Crippen LogP contribution < -0.4 is 14.9 Å². The van der Waals surface area contributed by atoms with Crippen molar-refractivity contribution in [2.24, 2.45) is 5.92 Å². The van der Waals surface area contributed by atoms with Gasteiger partial charge in [-0.1, -0.05) is 0 Å². The summed E-state index contributed by atoms with van der Waals surface area (Å²) in [5.74, 6) is 0.737. The highest BCUT2D eigenvalue weighted by Gasteiger charge is 2.37. The second-order valence-electron chi connectivity index (χ2n) is 5.17. The van der Waals surface area contributed by atoms with E-state index in [1.165, 1.54) is 13.5 Å². The number of sulfonamides is 1. The third-order valence-corrected chi connectivity index (χ3v) is 5.62. The lowest BCUT2D eigenvalue weighted by molar-refractivity contribution is 0.578. The van der Waals surface area contributed by atoms with E-state index in [0.717, 1.165) is 31.2 Å². The number of rotatable bonds is 3. The smallest absolute Gasteiger partial charge is 0.240 e. The Labute approximate surface area is 114 Å². The fourth-order valence-corrected chi connectivity index (χ4v) is 3.83. The second kappa shape index (κ2) is 4.77. The minimum absolute atomic E-state index is 0.319. The Morgan fingerprint density at radius 1 is 1.26 bits per heavy atom. The van der Waals surface area contributed by atoms with Gasteiger partial charge in [-0.2, -0.15) is 0 Å². The Bertz CT molecular complexity index is 556. The van der Waals surface area contributed by atoms with Crippen LogP contribution in [-0.2, 0) is 10.0 Å². The van der Waals surface area contributed by atoms with Gasteiger partial charge in [0.05, 0.1) is 4.90 Å². The van der Waals surface area contributed by atoms with Crippen molar-refractivity contribution in [2.45, 2.75) is 17.4 Å². The lowest BCUT2D eigenvalue weighted by Crippen LogP contribution is -2.34. The third-order valence-electron chi connectivity index (χ3n) is 4.19. The Hall–Kier alpha value is -1.11. The second-order valence-corrected chi connectivity index (χ2v) is 7.06. The lowest BCUT2D eigenvalue weighted by atomic mass is 10.1. The summed E-state index contributed by atoms with van der Waals surface area (Å²) in [5, 5.41) is 3.42. The maximum Gasteiger partial charge on any atom is 0.240 e. The summed E-state index contributed by atoms with van der Waals surface area (Å²) in [6, 6.07) is 7.73. The van der Waals surface area contributed by atoms with Crippen LogP contribution in [0.1, 0.15) is 6.42 Å². The van der Waals surface area contributed by atoms with E-state index in [-0.39, 0.29) is 0 Å². The van der Waals surface area contributed by atoms with Gasteiger partial charge in [0.2, 0.25) is 10.0 Å². The van der Waals surface area contributed by atoms with Crippen molar-refractivity contribution in [1.29, 1.82) is 0 Å². The van der Waals surface area contributed by atoms with Crippen LogP contribution in [0.15, 0.2) is 29.2 Å². The number of fused-ring (bicyclic) bond motifs is 1. The Morgan fingerprint density at radius 2 is 2.00 bits per heavy atom. The first-order valence-corrected chi connectivity index (χ1v) is 8.11. The molecule has 5 nitrogen and oxygen atoms in total. The SMILES string of the molecule is CNS(=O)(=O)c1ccc(N2CC[C@H]3CNC[C@H]32)cc1. The summed E-state index contributed by atoms with van der Waals surface area (Å²) < 4.78 is 25.7. The first kappa shape index (κ1) is 12.9. The molecule has 1 aromatic carbocycles. The largest absolute Gasteiger partial charge is 0.367 e. The van der Waals surface area contributed by atoms with Gasteiger partial charge < -0.3 is 10.2 Å². The zero-order valence-corrected chi connectivity index (χ0v) is 11.8. The molecule has 0 aliphatic carbocycles. The standard InChI is InChI=1S/C13H19N3O2S/c1-14-19(17,18)12-4-2-11(3-5-12)16-7-6-10-8-15-9-13(10)16/h2-5,10,13-15H,6-9H2,1H3/t10-,13+/m0/s1. The van der Waals surface area contributed by atoms with E-state index in [1.807, 2.05) is 12.1 Å². The average Bonchev–Trinajstić information content (AvgIpc) is 3.01. The summed E-state index contributed by atoms with van der Waals surface area (Å²) >= 11 is 0. The summed E-state index contributed by atoms with van der Waals surface area (Å²) in [6.07, 6.45) is 1.22. The van der Waals surface area contributed by atoms with E-state index < -0.39 is 10.0 Å². The van der Waals surface area contributed by atoms with Crippen molar-refractivity contribution >= 4 is 15.7 Å². The first-order valence-electron chi connectivity index (χ1n) is 6.63. The minimum Gasteiger partial charge on any atom is -0.367 e. The quantitative estimate of drug-likeness (QED) is 0.841. The van der Waals surface area contributed by atoms with Crippen LogP contribution in [0.5, 0.6) is 0 Å². The molecule has 2 aliphatic rings. The molecular formula is C13H19N3O2S. The monoisotopic (exact) mass is 281 g/mol. The maximum atomic E-state index is 11.7. The average molecular weight is 281 g/mol. The van der Waals surface area contributed by atoms with Crippen molar-refractivity contribution in [3.63, 3.8) is 0 Å². The van der Waals surface area contributed by atoms with Crippen molar-refractivity contribution < 1.29 is 8.42 Å². The number of nitrogens with zero attached hydrogens (tertiary/aromatic N) is 1. The molecule has 3 rings (SSSR count). The van der Waals surface area contributed by atoms with Crippen molar-refractivity contribution in [3.8, 4) is 0 Å². The van der Waals surface area contributed by atoms with Crippen molar-refractivity contribution in [3.05, 3.63) is 24.3 Å². The summed E-state index contributed by atoms with van der Waals surface area (Å²) in [4.78, 5) is 2.71. The molecule has 104 valence electrons. The van der Waals surface area contributed by atoms with Gasteiger partial charge in [0.25, 0.3) is 0 Å². The molecule has 2 aliphatic heterocycles. The summed E-state index contributed by atoms with van der Waals surface area (Å²) in [6.45, 7) is 3.20. The molecule has 0 saturated carbocycles. The number of nitrogens with one attached hydrogen (secondary N) is 2. The molecule has 2 atom stereocenters. The number of anilines is 1. The molecule has 0 bridgehead atoms. The highest BCUT2D eigenvalue weighted by molar-refractivity contribution is 7.89. The molecule has 2 saturated heterocycles. The van der Waals surface area contributed by atoms with Crippen LogP contribution in [0, 0.1) is 5.92 Å². The van der Waals surface area contributed by atoms with Crippen LogP contribution in [0.2, 0.25) is 0 Å². The Kier molecular flexibility index (Phi) is 3.24. The fourth-order valence-electron chi connectivity index (χ4n) is 3.10. The van der Waals surface area contributed by atoms with E-state index in [9.17, 15) is 8.42 Å². The van der Waals surface area contributed by atoms with Crippen molar-refractivity contribution in [2.75, 3.05) is 31.6 Å². The molecule has 2 fully saturated rings. The van der Waals surface area contributed by atoms with Gasteiger partial charge in [-0.3, -0.25) is 0 Å². The Morgan fingerprint density at radius 3 is 2.68 bits per heavy atom. The van der Waals surface area contributed by atoms with Gasteiger partial charge in [-0.25, -0.2) is 13.1 Å². The van der Waals surface area contributed by atoms with Crippen LogP contribution in [-0.4, -0.2) is 41.1 Å². The highest BCUT2D eigenvalue weighted by atomic mass is 32.2. The van der Waals surface area contributed by atoms with Crippen LogP contribution in [0.3, 0.4) is 0 Å². The maximum absolute atomic E-state index is 11.7. The van der Waals surface area contributed by atoms with Gasteiger partial charge in [-0.05, 0) is 43.7 Å². The normalized spacial score (nSPS) is 26.7. The zero-order chi connectivity index (χ0) is 13.5. The van der Waals surface area contributed by atoms with Gasteiger partial charge in [0.15, 0.2) is 0 Å². The summed E-state index contributed by atoms with van der Waals surface area (Å²) in [7, 11) is -1.91. The van der Waals surface area contributed by atoms with E-state index >= 15 is 0 Å². The molecule has 0 spiro atoms. The highest BCUT2D eigenvalue weighted by Crippen LogP contribution is 2.32. The molecular weight excluding hydrogens is 262 g/mol. The molecule has 2 N–H and O–H groups in total. The Balaban J connectivity index is 1.83. The molecule has 19 heavy (non-hydrogen) atoms. The third kappa shape index (κ3) is 2.24. The van der Waals surface area contributed by atoms with E-state index in [1.54, 1.807) is 12.1 Å². The van der Waals surface area contributed by atoms with Gasteiger partial charge in [0, 0.05) is 31.4 Å². The number of benzene rings is 1. The van der Waals surface area contributed by atoms with E-state index in [2.05, 4.69) is 14.9 Å². The number of hydrogen-bond donors (Lipinski definition) is 2. The summed E-state index contributed by atoms with van der Waals surface area (Å²) in [5.41, 5.74) is 1.12. The molecule has 0 unspecified atom stereocenters. The molecule has 0 radical (unpaired) electrons. The molecule has 0 amide bonds. The fraction of sp³-hybridized carbons (Fsp3) is 0.538. The molecule has 0 aromatic heterocycles. The zero-order valence-electron chi connectivity index (χ0n) is 11.0.